The molecule has 1 aromatic carbocycles. The number of rotatable bonds is 6. The summed E-state index contributed by atoms with van der Waals surface area (Å²) in [6.07, 6.45) is 4.27. The van der Waals surface area contributed by atoms with Gasteiger partial charge in [-0.2, -0.15) is 12.6 Å². The van der Waals surface area contributed by atoms with Gasteiger partial charge in [-0.15, -0.1) is 0 Å². The molecule has 1 amide bonds. The smallest absolute Gasteiger partial charge is 0.233 e. The fourth-order valence-corrected chi connectivity index (χ4v) is 3.10. The van der Waals surface area contributed by atoms with Crippen molar-refractivity contribution >= 4 is 18.5 Å². The summed E-state index contributed by atoms with van der Waals surface area (Å²) < 4.78 is 0. The van der Waals surface area contributed by atoms with E-state index in [1.807, 2.05) is 30.3 Å². The summed E-state index contributed by atoms with van der Waals surface area (Å²) in [5.41, 5.74) is 1.16. The number of piperidine rings is 1. The number of thiol groups is 1. The first-order chi connectivity index (χ1) is 10.1. The van der Waals surface area contributed by atoms with E-state index in [0.29, 0.717) is 6.42 Å². The molecule has 0 aliphatic carbocycles. The lowest BCUT2D eigenvalue weighted by atomic mass is 9.94. The lowest BCUT2D eigenvalue weighted by molar-refractivity contribution is -0.120. The Morgan fingerprint density at radius 1 is 1.33 bits per heavy atom. The van der Waals surface area contributed by atoms with E-state index in [4.69, 9.17) is 0 Å². The Kier molecular flexibility index (Phi) is 6.58. The molecule has 4 heteroatoms. The van der Waals surface area contributed by atoms with Crippen molar-refractivity contribution in [2.45, 2.75) is 30.9 Å². The Hall–Kier alpha value is -1.00. The lowest BCUT2D eigenvalue weighted by Crippen LogP contribution is -2.36. The van der Waals surface area contributed by atoms with E-state index in [-0.39, 0.29) is 11.2 Å². The number of nitrogens with one attached hydrogen (secondary N) is 1. The van der Waals surface area contributed by atoms with Crippen LogP contribution in [0.3, 0.4) is 0 Å². The van der Waals surface area contributed by atoms with E-state index in [9.17, 15) is 4.79 Å². The zero-order valence-corrected chi connectivity index (χ0v) is 13.7. The normalized spacial score (nSPS) is 18.4. The Balaban J connectivity index is 1.65. The van der Waals surface area contributed by atoms with Gasteiger partial charge < -0.3 is 10.2 Å². The molecule has 116 valence electrons. The fraction of sp³-hybridized carbons (Fsp3) is 0.588. The van der Waals surface area contributed by atoms with Crippen molar-refractivity contribution in [3.05, 3.63) is 35.9 Å². The van der Waals surface area contributed by atoms with Gasteiger partial charge in [-0.25, -0.2) is 0 Å². The summed E-state index contributed by atoms with van der Waals surface area (Å²) in [4.78, 5) is 14.4. The van der Waals surface area contributed by atoms with Crippen molar-refractivity contribution in [1.82, 2.24) is 10.2 Å². The number of carbonyl (C=O) groups excluding carboxylic acids is 1. The third-order valence-electron chi connectivity index (χ3n) is 4.26. The highest BCUT2D eigenvalue weighted by atomic mass is 32.1. The van der Waals surface area contributed by atoms with Crippen LogP contribution >= 0.6 is 12.6 Å². The highest BCUT2D eigenvalue weighted by Gasteiger charge is 2.18. The summed E-state index contributed by atoms with van der Waals surface area (Å²) in [6.45, 7) is 3.14. The van der Waals surface area contributed by atoms with Crippen LogP contribution in [-0.4, -0.2) is 42.7 Å². The Bertz CT molecular complexity index is 430. The van der Waals surface area contributed by atoms with E-state index in [0.717, 1.165) is 24.4 Å². The van der Waals surface area contributed by atoms with Crippen LogP contribution in [-0.2, 0) is 11.2 Å². The van der Waals surface area contributed by atoms with Crippen molar-refractivity contribution in [1.29, 1.82) is 0 Å². The molecule has 0 saturated carbocycles. The van der Waals surface area contributed by atoms with Gasteiger partial charge >= 0.3 is 0 Å². The van der Waals surface area contributed by atoms with Crippen LogP contribution < -0.4 is 5.32 Å². The van der Waals surface area contributed by atoms with Crippen LogP contribution in [0.2, 0.25) is 0 Å². The van der Waals surface area contributed by atoms with Crippen molar-refractivity contribution < 1.29 is 4.79 Å². The van der Waals surface area contributed by atoms with Gasteiger partial charge in [-0.3, -0.25) is 4.79 Å². The third kappa shape index (κ3) is 5.71. The Morgan fingerprint density at radius 3 is 2.67 bits per heavy atom. The minimum absolute atomic E-state index is 0.0510. The molecule has 1 aliphatic heterocycles. The molecule has 1 heterocycles. The van der Waals surface area contributed by atoms with Gasteiger partial charge in [-0.05, 0) is 57.3 Å². The SMILES string of the molecule is CN1CCC(CCNC(=O)C(S)Cc2ccccc2)CC1. The van der Waals surface area contributed by atoms with Gasteiger partial charge in [0.25, 0.3) is 0 Å². The van der Waals surface area contributed by atoms with Crippen molar-refractivity contribution in [2.75, 3.05) is 26.7 Å². The largest absolute Gasteiger partial charge is 0.355 e. The predicted molar refractivity (Wildman–Crippen MR) is 90.8 cm³/mol. The maximum absolute atomic E-state index is 12.0. The number of hydrogen-bond donors (Lipinski definition) is 2. The monoisotopic (exact) mass is 306 g/mol. The number of amides is 1. The number of hydrogen-bond acceptors (Lipinski definition) is 3. The average Bonchev–Trinajstić information content (AvgIpc) is 2.50. The molecule has 0 spiro atoms. The molecule has 1 fully saturated rings. The zero-order valence-electron chi connectivity index (χ0n) is 12.8. The summed E-state index contributed by atoms with van der Waals surface area (Å²) in [6, 6.07) is 10.0. The molecule has 0 aromatic heterocycles. The van der Waals surface area contributed by atoms with Crippen LogP contribution in [0.4, 0.5) is 0 Å². The zero-order chi connectivity index (χ0) is 15.1. The maximum atomic E-state index is 12.0. The molecule has 3 nitrogen and oxygen atoms in total. The van der Waals surface area contributed by atoms with Gasteiger partial charge in [0, 0.05) is 6.54 Å². The average molecular weight is 306 g/mol. The molecule has 1 aliphatic rings. The first-order valence-electron chi connectivity index (χ1n) is 7.83. The quantitative estimate of drug-likeness (QED) is 0.791. The van der Waals surface area contributed by atoms with Gasteiger partial charge in [0.15, 0.2) is 0 Å². The highest BCUT2D eigenvalue weighted by molar-refractivity contribution is 7.81. The predicted octanol–water partition coefficient (Wildman–Crippen LogP) is 2.38. The van der Waals surface area contributed by atoms with Crippen molar-refractivity contribution in [3.63, 3.8) is 0 Å². The maximum Gasteiger partial charge on any atom is 0.233 e. The molecular formula is C17H26N2OS. The second-order valence-corrected chi connectivity index (χ2v) is 6.66. The Morgan fingerprint density at radius 2 is 2.00 bits per heavy atom. The standard InChI is InChI=1S/C17H26N2OS/c1-19-11-8-14(9-12-19)7-10-18-17(20)16(21)13-15-5-3-2-4-6-15/h2-6,14,16,21H,7-13H2,1H3,(H,18,20). The minimum Gasteiger partial charge on any atom is -0.355 e. The van der Waals surface area contributed by atoms with Gasteiger partial charge in [0.05, 0.1) is 5.25 Å². The van der Waals surface area contributed by atoms with Crippen LogP contribution in [0.1, 0.15) is 24.8 Å². The number of nitrogens with zero attached hydrogens (tertiary/aromatic N) is 1. The van der Waals surface area contributed by atoms with E-state index >= 15 is 0 Å². The fourth-order valence-electron chi connectivity index (χ4n) is 2.80. The topological polar surface area (TPSA) is 32.3 Å². The van der Waals surface area contributed by atoms with E-state index in [1.54, 1.807) is 0 Å². The van der Waals surface area contributed by atoms with Crippen LogP contribution in [0.5, 0.6) is 0 Å². The summed E-state index contributed by atoms with van der Waals surface area (Å²) >= 11 is 4.43. The molecule has 1 saturated heterocycles. The summed E-state index contributed by atoms with van der Waals surface area (Å²) in [5, 5.41) is 2.77. The van der Waals surface area contributed by atoms with E-state index in [1.165, 1.54) is 25.9 Å². The van der Waals surface area contributed by atoms with Gasteiger partial charge in [0.1, 0.15) is 0 Å². The molecule has 1 N–H and O–H groups in total. The first-order valence-corrected chi connectivity index (χ1v) is 8.35. The molecule has 21 heavy (non-hydrogen) atoms. The molecule has 1 aromatic rings. The van der Waals surface area contributed by atoms with Crippen LogP contribution in [0.25, 0.3) is 0 Å². The number of benzene rings is 1. The summed E-state index contributed by atoms with van der Waals surface area (Å²) in [7, 11) is 2.17. The van der Waals surface area contributed by atoms with Gasteiger partial charge in [0.2, 0.25) is 5.91 Å². The molecule has 0 bridgehead atoms. The number of likely N-dealkylation sites (tertiary alicyclic amines) is 1. The van der Waals surface area contributed by atoms with Crippen LogP contribution in [0.15, 0.2) is 30.3 Å². The molecule has 0 radical (unpaired) electrons. The molecule has 2 rings (SSSR count). The number of carbonyl (C=O) groups is 1. The van der Waals surface area contributed by atoms with E-state index in [2.05, 4.69) is 29.9 Å². The second kappa shape index (κ2) is 8.44. The minimum atomic E-state index is -0.259. The lowest BCUT2D eigenvalue weighted by Gasteiger charge is -2.29. The van der Waals surface area contributed by atoms with Crippen molar-refractivity contribution in [2.24, 2.45) is 5.92 Å². The molecule has 1 unspecified atom stereocenters. The second-order valence-electron chi connectivity index (χ2n) is 6.03. The van der Waals surface area contributed by atoms with Crippen LogP contribution in [0, 0.1) is 5.92 Å². The molecular weight excluding hydrogens is 280 g/mol. The molecule has 1 atom stereocenters. The van der Waals surface area contributed by atoms with Crippen molar-refractivity contribution in [3.8, 4) is 0 Å². The summed E-state index contributed by atoms with van der Waals surface area (Å²) in [5.74, 6) is 0.809. The highest BCUT2D eigenvalue weighted by Crippen LogP contribution is 2.18. The van der Waals surface area contributed by atoms with Gasteiger partial charge in [-0.1, -0.05) is 30.3 Å². The first kappa shape index (κ1) is 16.4. The van der Waals surface area contributed by atoms with E-state index < -0.39 is 0 Å². The third-order valence-corrected chi connectivity index (χ3v) is 4.68. The Labute approximate surface area is 133 Å².